The van der Waals surface area contributed by atoms with E-state index in [9.17, 15) is 19.2 Å². The van der Waals surface area contributed by atoms with Gasteiger partial charge in [0.05, 0.1) is 44.3 Å². The van der Waals surface area contributed by atoms with Crippen molar-refractivity contribution in [3.8, 4) is 11.3 Å². The van der Waals surface area contributed by atoms with Gasteiger partial charge in [0.2, 0.25) is 11.8 Å². The highest BCUT2D eigenvalue weighted by Crippen LogP contribution is 2.58. The molecule has 61 heavy (non-hydrogen) atoms. The van der Waals surface area contributed by atoms with E-state index in [1.54, 1.807) is 0 Å². The molecule has 1 aromatic carbocycles. The second kappa shape index (κ2) is 17.8. The third-order valence-corrected chi connectivity index (χ3v) is 14.6. The molecule has 4 atom stereocenters. The van der Waals surface area contributed by atoms with E-state index in [1.807, 2.05) is 49.9 Å². The summed E-state index contributed by atoms with van der Waals surface area (Å²) in [6.45, 7) is 10.1. The molecule has 5 heterocycles. The van der Waals surface area contributed by atoms with Gasteiger partial charge < -0.3 is 44.6 Å². The van der Waals surface area contributed by atoms with Crippen LogP contribution in [-0.2, 0) is 34.6 Å². The average Bonchev–Trinajstić information content (AvgIpc) is 4.12. The summed E-state index contributed by atoms with van der Waals surface area (Å²) in [6, 6.07) is 7.26. The fourth-order valence-corrected chi connectivity index (χ4v) is 10.8. The Morgan fingerprint density at radius 2 is 1.25 bits per heavy atom. The molecule has 0 spiro atoms. The molecule has 4 N–H and O–H groups in total. The van der Waals surface area contributed by atoms with Crippen LogP contribution in [0.5, 0.6) is 0 Å². The molecule has 3 saturated carbocycles. The fraction of sp³-hybridized carbons (Fsp3) is 0.652. The van der Waals surface area contributed by atoms with Crippen LogP contribution < -0.4 is 10.6 Å². The summed E-state index contributed by atoms with van der Waals surface area (Å²) in [4.78, 5) is 73.2. The number of carbonyl (C=O) groups is 4. The normalized spacial score (nSPS) is 26.4. The number of nitrogens with one attached hydrogen (secondary N) is 4. The van der Waals surface area contributed by atoms with Crippen molar-refractivity contribution in [2.24, 2.45) is 11.8 Å². The summed E-state index contributed by atoms with van der Waals surface area (Å²) in [5, 5.41) is 5.61. The number of alkyl carbamates (subject to hydrolysis) is 2. The number of rotatable bonds is 12. The minimum absolute atomic E-state index is 0.0500. The Labute approximate surface area is 358 Å². The number of aromatic nitrogens is 4. The molecule has 9 rings (SSSR count). The molecule has 4 amide bonds. The van der Waals surface area contributed by atoms with Crippen LogP contribution in [0.15, 0.2) is 36.7 Å². The molecule has 6 fully saturated rings. The van der Waals surface area contributed by atoms with Crippen molar-refractivity contribution < 1.29 is 33.4 Å². The predicted molar refractivity (Wildman–Crippen MR) is 227 cm³/mol. The van der Waals surface area contributed by atoms with E-state index in [2.05, 4.69) is 44.9 Å². The standard InChI is InChI=1S/C46H64N8O7/c1-28(2)37(51-43(57)59-5)41(55)54-23-7-9-35(54)40-48-27-36(50-40)46-19-16-45(17-20-46,18-21-46)31-12-10-30(11-13-31)33-26-47-39(49-33)34-8-6-22-53(34)42(56)38(29(3)4)52-44(58)61-32-14-24-60-25-15-32/h10-13,26-29,32,34-35,37-38H,6-9,14-25H2,1-5H3,(H,47,49)(H,48,50)(H,51,57)(H,52,58). The maximum Gasteiger partial charge on any atom is 0.408 e. The first-order valence-electron chi connectivity index (χ1n) is 22.6. The average molecular weight is 841 g/mol. The first-order chi connectivity index (χ1) is 29.4. The number of nitrogens with zero attached hydrogens (tertiary/aromatic N) is 4. The number of benzene rings is 1. The van der Waals surface area contributed by atoms with Gasteiger partial charge in [-0.25, -0.2) is 19.6 Å². The van der Waals surface area contributed by atoms with Crippen LogP contribution in [0.25, 0.3) is 11.3 Å². The number of amides is 4. The van der Waals surface area contributed by atoms with Gasteiger partial charge in [0.15, 0.2) is 0 Å². The molecule has 15 heteroatoms. The van der Waals surface area contributed by atoms with Gasteiger partial charge in [0.25, 0.3) is 0 Å². The number of carbonyl (C=O) groups excluding carboxylic acids is 4. The number of aromatic amines is 2. The zero-order chi connectivity index (χ0) is 42.9. The highest BCUT2D eigenvalue weighted by atomic mass is 16.6. The van der Waals surface area contributed by atoms with Crippen LogP contribution in [0.2, 0.25) is 0 Å². The molecule has 4 unspecified atom stereocenters. The third-order valence-electron chi connectivity index (χ3n) is 14.6. The summed E-state index contributed by atoms with van der Waals surface area (Å²) in [7, 11) is 1.31. The highest BCUT2D eigenvalue weighted by Gasteiger charge is 2.51. The molecule has 6 aliphatic rings. The molecular weight excluding hydrogens is 777 g/mol. The lowest BCUT2D eigenvalue weighted by molar-refractivity contribution is -0.136. The van der Waals surface area contributed by atoms with Gasteiger partial charge in [-0.1, -0.05) is 52.0 Å². The van der Waals surface area contributed by atoms with Gasteiger partial charge in [-0.15, -0.1) is 0 Å². The van der Waals surface area contributed by atoms with Crippen molar-refractivity contribution in [1.29, 1.82) is 0 Å². The number of hydrogen-bond acceptors (Lipinski definition) is 9. The van der Waals surface area contributed by atoms with Crippen molar-refractivity contribution >= 4 is 24.0 Å². The number of likely N-dealkylation sites (tertiary alicyclic amines) is 2. The van der Waals surface area contributed by atoms with Gasteiger partial charge in [-0.3, -0.25) is 9.59 Å². The second-order valence-corrected chi connectivity index (χ2v) is 18.8. The van der Waals surface area contributed by atoms with E-state index in [4.69, 9.17) is 24.2 Å². The maximum absolute atomic E-state index is 14.0. The lowest BCUT2D eigenvalue weighted by Gasteiger charge is -2.53. The lowest BCUT2D eigenvalue weighted by atomic mass is 9.51. The highest BCUT2D eigenvalue weighted by molar-refractivity contribution is 5.87. The zero-order valence-corrected chi connectivity index (χ0v) is 36.5. The first kappa shape index (κ1) is 42.8. The van der Waals surface area contributed by atoms with E-state index in [-0.39, 0.29) is 52.7 Å². The summed E-state index contributed by atoms with van der Waals surface area (Å²) >= 11 is 0. The Morgan fingerprint density at radius 1 is 0.721 bits per heavy atom. The number of hydrogen-bond donors (Lipinski definition) is 4. The van der Waals surface area contributed by atoms with Crippen molar-refractivity contribution in [1.82, 2.24) is 40.4 Å². The Balaban J connectivity index is 0.888. The monoisotopic (exact) mass is 840 g/mol. The van der Waals surface area contributed by atoms with Crippen molar-refractivity contribution in [2.45, 2.75) is 146 Å². The summed E-state index contributed by atoms with van der Waals surface area (Å²) in [5.41, 5.74) is 4.72. The second-order valence-electron chi connectivity index (χ2n) is 18.8. The van der Waals surface area contributed by atoms with Crippen LogP contribution in [0, 0.1) is 11.8 Å². The number of H-pyrrole nitrogens is 2. The Morgan fingerprint density at radius 3 is 1.80 bits per heavy atom. The van der Waals surface area contributed by atoms with E-state index in [1.165, 1.54) is 18.4 Å². The zero-order valence-electron chi connectivity index (χ0n) is 36.5. The molecule has 3 aliphatic carbocycles. The van der Waals surface area contributed by atoms with E-state index in [0.29, 0.717) is 39.1 Å². The Hall–Kier alpha value is -4.92. The number of fused-ring (bicyclic) bond motifs is 3. The van der Waals surface area contributed by atoms with Gasteiger partial charge in [0.1, 0.15) is 29.8 Å². The Bertz CT molecular complexity index is 2010. The van der Waals surface area contributed by atoms with Crippen molar-refractivity contribution in [3.05, 3.63) is 59.6 Å². The SMILES string of the molecule is COC(=O)NC(C(=O)N1CCCC1c1ncc(C23CCC(c4ccc(-c5cnc(C6CCCN6C(=O)C(NC(=O)OC6CCOCC6)C(C)C)[nH]5)cc4)(CC2)CC3)[nH]1)C(C)C. The van der Waals surface area contributed by atoms with Crippen LogP contribution >= 0.6 is 0 Å². The molecule has 3 aliphatic heterocycles. The smallest absolute Gasteiger partial charge is 0.408 e. The number of imidazole rings is 2. The van der Waals surface area contributed by atoms with E-state index in [0.717, 1.165) is 87.1 Å². The quantitative estimate of drug-likeness (QED) is 0.149. The molecule has 2 aromatic heterocycles. The van der Waals surface area contributed by atoms with Crippen LogP contribution in [0.1, 0.15) is 140 Å². The van der Waals surface area contributed by atoms with Gasteiger partial charge in [-0.05, 0) is 92.6 Å². The molecule has 2 bridgehead atoms. The van der Waals surface area contributed by atoms with E-state index < -0.39 is 24.3 Å². The van der Waals surface area contributed by atoms with Crippen molar-refractivity contribution in [3.63, 3.8) is 0 Å². The first-order valence-corrected chi connectivity index (χ1v) is 22.6. The third kappa shape index (κ3) is 8.63. The van der Waals surface area contributed by atoms with Gasteiger partial charge in [-0.2, -0.15) is 0 Å². The summed E-state index contributed by atoms with van der Waals surface area (Å²) in [5.74, 6) is 1.19. The molecule has 330 valence electrons. The largest absolute Gasteiger partial charge is 0.453 e. The molecule has 0 radical (unpaired) electrons. The topological polar surface area (TPSA) is 184 Å². The van der Waals surface area contributed by atoms with Crippen LogP contribution in [0.4, 0.5) is 9.59 Å². The summed E-state index contributed by atoms with van der Waals surface area (Å²) in [6.07, 6.45) is 13.8. The van der Waals surface area contributed by atoms with Gasteiger partial charge in [0, 0.05) is 43.2 Å². The summed E-state index contributed by atoms with van der Waals surface area (Å²) < 4.78 is 15.8. The minimum Gasteiger partial charge on any atom is -0.453 e. The van der Waals surface area contributed by atoms with E-state index >= 15 is 0 Å². The van der Waals surface area contributed by atoms with Gasteiger partial charge >= 0.3 is 12.2 Å². The minimum atomic E-state index is -0.696. The molecule has 3 aromatic rings. The number of methoxy groups -OCH3 is 1. The predicted octanol–water partition coefficient (Wildman–Crippen LogP) is 6.98. The lowest BCUT2D eigenvalue weighted by Crippen LogP contribution is -2.51. The maximum atomic E-state index is 14.0. The molecular formula is C46H64N8O7. The fourth-order valence-electron chi connectivity index (χ4n) is 10.8. The molecule has 3 saturated heterocycles. The molecule has 15 nitrogen and oxygen atoms in total. The Kier molecular flexibility index (Phi) is 12.5. The van der Waals surface area contributed by atoms with Crippen LogP contribution in [0.3, 0.4) is 0 Å². The van der Waals surface area contributed by atoms with Crippen LogP contribution in [-0.4, -0.2) is 105 Å². The number of ether oxygens (including phenoxy) is 3. The van der Waals surface area contributed by atoms with Crippen molar-refractivity contribution in [2.75, 3.05) is 33.4 Å².